The average Bonchev–Trinajstić information content (AvgIpc) is 3.22. The molecular weight excluding hydrogens is 567 g/mol. The molecule has 41 heavy (non-hydrogen) atoms. The SMILES string of the molecule is Cc1ccc(C(=O)Oc2ccc(C(=O)CN(C(=O)c3ccc(Cl)c(Cl)c3)N3C(=O)[C@H]4CCCC[C@H]4C3=O)cc2)cc1. The summed E-state index contributed by atoms with van der Waals surface area (Å²) in [6.07, 6.45) is 2.73. The van der Waals surface area contributed by atoms with Crippen LogP contribution in [0.4, 0.5) is 0 Å². The molecule has 3 aromatic rings. The summed E-state index contributed by atoms with van der Waals surface area (Å²) in [4.78, 5) is 66.2. The third-order valence-corrected chi connectivity index (χ3v) is 8.17. The monoisotopic (exact) mass is 592 g/mol. The number of ether oxygens (including phenoxy) is 1. The van der Waals surface area contributed by atoms with Crippen molar-refractivity contribution in [1.82, 2.24) is 10.0 Å². The van der Waals surface area contributed by atoms with E-state index in [1.165, 1.54) is 42.5 Å². The number of rotatable bonds is 7. The highest BCUT2D eigenvalue weighted by atomic mass is 35.5. The Hall–Kier alpha value is -4.01. The molecule has 3 amide bonds. The Kier molecular flexibility index (Phi) is 8.24. The molecule has 0 unspecified atom stereocenters. The van der Waals surface area contributed by atoms with Crippen LogP contribution in [0.25, 0.3) is 0 Å². The molecule has 1 saturated heterocycles. The molecule has 0 spiro atoms. The van der Waals surface area contributed by atoms with Gasteiger partial charge in [-0.25, -0.2) is 9.80 Å². The zero-order chi connectivity index (χ0) is 29.3. The van der Waals surface area contributed by atoms with Gasteiger partial charge in [-0.1, -0.05) is 53.7 Å². The van der Waals surface area contributed by atoms with E-state index in [1.54, 1.807) is 24.3 Å². The number of imide groups is 1. The minimum absolute atomic E-state index is 0.0704. The molecule has 1 aliphatic heterocycles. The van der Waals surface area contributed by atoms with E-state index in [0.29, 0.717) is 18.4 Å². The molecule has 8 nitrogen and oxygen atoms in total. The maximum Gasteiger partial charge on any atom is 0.343 e. The van der Waals surface area contributed by atoms with Gasteiger partial charge in [0.25, 0.3) is 17.7 Å². The van der Waals surface area contributed by atoms with Gasteiger partial charge in [0.15, 0.2) is 5.78 Å². The molecule has 1 saturated carbocycles. The third-order valence-electron chi connectivity index (χ3n) is 7.43. The number of hydrazine groups is 1. The Labute approximate surface area is 246 Å². The lowest BCUT2D eigenvalue weighted by molar-refractivity contribution is -0.154. The van der Waals surface area contributed by atoms with Gasteiger partial charge in [0, 0.05) is 11.1 Å². The van der Waals surface area contributed by atoms with Crippen LogP contribution in [0.5, 0.6) is 5.75 Å². The number of carbonyl (C=O) groups excluding carboxylic acids is 5. The molecule has 0 bridgehead atoms. The summed E-state index contributed by atoms with van der Waals surface area (Å²) >= 11 is 12.1. The summed E-state index contributed by atoms with van der Waals surface area (Å²) in [5.74, 6) is -3.58. The predicted octanol–water partition coefficient (Wildman–Crippen LogP) is 5.94. The molecule has 0 N–H and O–H groups in total. The van der Waals surface area contributed by atoms with Crippen LogP contribution in [0.15, 0.2) is 66.7 Å². The highest BCUT2D eigenvalue weighted by Gasteiger charge is 2.51. The van der Waals surface area contributed by atoms with E-state index in [1.807, 2.05) is 6.92 Å². The second-order valence-electron chi connectivity index (χ2n) is 10.2. The van der Waals surface area contributed by atoms with Crippen molar-refractivity contribution in [3.05, 3.63) is 99.0 Å². The van der Waals surface area contributed by atoms with Crippen molar-refractivity contribution in [2.75, 3.05) is 6.54 Å². The van der Waals surface area contributed by atoms with Gasteiger partial charge >= 0.3 is 5.97 Å². The Morgan fingerprint density at radius 3 is 1.95 bits per heavy atom. The maximum absolute atomic E-state index is 13.7. The highest BCUT2D eigenvalue weighted by molar-refractivity contribution is 6.42. The fourth-order valence-corrected chi connectivity index (χ4v) is 5.48. The van der Waals surface area contributed by atoms with Crippen LogP contribution in [0.1, 0.15) is 62.3 Å². The van der Waals surface area contributed by atoms with Crippen LogP contribution in [-0.2, 0) is 9.59 Å². The number of hydrogen-bond donors (Lipinski definition) is 0. The number of fused-ring (bicyclic) bond motifs is 1. The number of halogens is 2. The van der Waals surface area contributed by atoms with Crippen molar-refractivity contribution in [3.8, 4) is 5.75 Å². The van der Waals surface area contributed by atoms with E-state index >= 15 is 0 Å². The van der Waals surface area contributed by atoms with Crippen LogP contribution >= 0.6 is 23.2 Å². The topological polar surface area (TPSA) is 101 Å². The molecule has 2 fully saturated rings. The Balaban J connectivity index is 1.38. The number of Topliss-reactive ketones (excluding diaryl/α,β-unsaturated/α-hetero) is 1. The first-order valence-corrected chi connectivity index (χ1v) is 14.0. The van der Waals surface area contributed by atoms with Crippen molar-refractivity contribution >= 4 is 52.7 Å². The van der Waals surface area contributed by atoms with Crippen LogP contribution < -0.4 is 4.74 Å². The number of hydrogen-bond acceptors (Lipinski definition) is 6. The van der Waals surface area contributed by atoms with E-state index in [-0.39, 0.29) is 26.9 Å². The second kappa shape index (κ2) is 11.8. The average molecular weight is 593 g/mol. The zero-order valence-electron chi connectivity index (χ0n) is 22.1. The Morgan fingerprint density at radius 2 is 1.37 bits per heavy atom. The van der Waals surface area contributed by atoms with Gasteiger partial charge in [-0.15, -0.1) is 0 Å². The molecule has 10 heteroatoms. The van der Waals surface area contributed by atoms with E-state index < -0.39 is 47.9 Å². The Bertz CT molecular complexity index is 1510. The molecule has 0 radical (unpaired) electrons. The predicted molar refractivity (Wildman–Crippen MR) is 152 cm³/mol. The van der Waals surface area contributed by atoms with Crippen LogP contribution in [0.3, 0.4) is 0 Å². The number of aryl methyl sites for hydroxylation is 1. The smallest absolute Gasteiger partial charge is 0.343 e. The van der Waals surface area contributed by atoms with Crippen molar-refractivity contribution in [2.45, 2.75) is 32.6 Å². The van der Waals surface area contributed by atoms with Crippen LogP contribution in [0.2, 0.25) is 10.0 Å². The first kappa shape index (κ1) is 28.5. The molecule has 5 rings (SSSR count). The quantitative estimate of drug-likeness (QED) is 0.146. The molecule has 3 aromatic carbocycles. The van der Waals surface area contributed by atoms with Gasteiger partial charge in [-0.3, -0.25) is 19.2 Å². The third kappa shape index (κ3) is 5.89. The fourth-order valence-electron chi connectivity index (χ4n) is 5.19. The van der Waals surface area contributed by atoms with E-state index in [2.05, 4.69) is 0 Å². The summed E-state index contributed by atoms with van der Waals surface area (Å²) in [6, 6.07) is 16.9. The minimum Gasteiger partial charge on any atom is -0.423 e. The number of amides is 3. The first-order chi connectivity index (χ1) is 19.6. The largest absolute Gasteiger partial charge is 0.423 e. The molecule has 0 aromatic heterocycles. The molecular formula is C31H26Cl2N2O6. The second-order valence-corrected chi connectivity index (χ2v) is 11.0. The number of nitrogens with zero attached hydrogens (tertiary/aromatic N) is 2. The normalized spacial score (nSPS) is 18.2. The van der Waals surface area contributed by atoms with Crippen molar-refractivity contribution in [1.29, 1.82) is 0 Å². The fraction of sp³-hybridized carbons (Fsp3) is 0.258. The van der Waals surface area contributed by atoms with Crippen LogP contribution in [-0.4, -0.2) is 46.0 Å². The van der Waals surface area contributed by atoms with Crippen molar-refractivity contribution < 1.29 is 28.7 Å². The van der Waals surface area contributed by atoms with Crippen LogP contribution in [0, 0.1) is 18.8 Å². The minimum atomic E-state index is -0.735. The van der Waals surface area contributed by atoms with Gasteiger partial charge in [-0.05, 0) is 74.4 Å². The van der Waals surface area contributed by atoms with E-state index in [4.69, 9.17) is 27.9 Å². The van der Waals surface area contributed by atoms with Gasteiger partial charge in [0.2, 0.25) is 0 Å². The highest BCUT2D eigenvalue weighted by Crippen LogP contribution is 2.39. The number of ketones is 1. The Morgan fingerprint density at radius 1 is 0.805 bits per heavy atom. The number of carbonyl (C=O) groups is 5. The molecule has 2 aliphatic rings. The summed E-state index contributed by atoms with van der Waals surface area (Å²) in [7, 11) is 0. The van der Waals surface area contributed by atoms with Crippen molar-refractivity contribution in [3.63, 3.8) is 0 Å². The summed E-state index contributed by atoms with van der Waals surface area (Å²) in [6.45, 7) is 1.34. The van der Waals surface area contributed by atoms with Gasteiger partial charge in [0.05, 0.1) is 27.4 Å². The van der Waals surface area contributed by atoms with Gasteiger partial charge < -0.3 is 4.74 Å². The number of esters is 1. The van der Waals surface area contributed by atoms with E-state index in [9.17, 15) is 24.0 Å². The first-order valence-electron chi connectivity index (χ1n) is 13.2. The lowest BCUT2D eigenvalue weighted by atomic mass is 9.81. The van der Waals surface area contributed by atoms with E-state index in [0.717, 1.165) is 28.4 Å². The maximum atomic E-state index is 13.7. The molecule has 2 atom stereocenters. The lowest BCUT2D eigenvalue weighted by Crippen LogP contribution is -2.52. The summed E-state index contributed by atoms with van der Waals surface area (Å²) in [5, 5.41) is 2.08. The summed E-state index contributed by atoms with van der Waals surface area (Å²) < 4.78 is 5.40. The van der Waals surface area contributed by atoms with Crippen molar-refractivity contribution in [2.24, 2.45) is 11.8 Å². The summed E-state index contributed by atoms with van der Waals surface area (Å²) in [5.41, 5.74) is 1.66. The lowest BCUT2D eigenvalue weighted by Gasteiger charge is -2.30. The standard InChI is InChI=1S/C31H26Cl2N2O6/c1-18-6-8-20(9-7-18)31(40)41-22-13-10-19(11-14-22)27(36)17-34(28(37)21-12-15-25(32)26(33)16-21)35-29(38)23-4-2-3-5-24(23)30(35)39/h6-16,23-24H,2-5,17H2,1H3/t23-,24+. The number of benzene rings is 3. The van der Waals surface area contributed by atoms with Gasteiger partial charge in [-0.2, -0.15) is 5.01 Å². The molecule has 1 aliphatic carbocycles. The molecule has 1 heterocycles. The zero-order valence-corrected chi connectivity index (χ0v) is 23.7. The van der Waals surface area contributed by atoms with Gasteiger partial charge in [0.1, 0.15) is 12.3 Å². The molecule has 210 valence electrons.